The Kier molecular flexibility index (Phi) is 6.61. The lowest BCUT2D eigenvalue weighted by atomic mass is 10.1. The number of imidazole rings is 1. The molecule has 2 rings (SSSR count). The van der Waals surface area contributed by atoms with Crippen molar-refractivity contribution in [1.29, 1.82) is 0 Å². The molecule has 0 N–H and O–H groups in total. The molecule has 1 heterocycles. The summed E-state index contributed by atoms with van der Waals surface area (Å²) in [7, 11) is -1.22. The van der Waals surface area contributed by atoms with Crippen molar-refractivity contribution < 1.29 is 22.7 Å². The number of sulfonamides is 1. The number of esters is 1. The number of hydrogen-bond donors (Lipinski definition) is 0. The van der Waals surface area contributed by atoms with Gasteiger partial charge in [-0.2, -0.15) is 4.31 Å². The molecule has 0 aliphatic rings. The summed E-state index contributed by atoms with van der Waals surface area (Å²) in [6.45, 7) is 5.53. The van der Waals surface area contributed by atoms with Gasteiger partial charge in [0.25, 0.3) is 0 Å². The maximum Gasteiger partial charge on any atom is 0.321 e. The van der Waals surface area contributed by atoms with Crippen molar-refractivity contribution in [2.75, 3.05) is 20.8 Å². The van der Waals surface area contributed by atoms with E-state index in [1.54, 1.807) is 38.4 Å². The first-order valence-electron chi connectivity index (χ1n) is 8.46. The number of carbonyl (C=O) groups is 1. The molecule has 2 aromatic rings. The third-order valence-corrected chi connectivity index (χ3v) is 6.36. The third-order valence-electron chi connectivity index (χ3n) is 4.26. The molecule has 9 heteroatoms. The van der Waals surface area contributed by atoms with E-state index < -0.39 is 22.5 Å². The fourth-order valence-electron chi connectivity index (χ4n) is 2.94. The fraction of sp³-hybridized carbons (Fsp3) is 0.444. The first kappa shape index (κ1) is 20.9. The van der Waals surface area contributed by atoms with E-state index >= 15 is 0 Å². The van der Waals surface area contributed by atoms with Crippen LogP contribution >= 0.6 is 0 Å². The number of hydrogen-bond acceptors (Lipinski definition) is 6. The van der Waals surface area contributed by atoms with Crippen LogP contribution in [0.15, 0.2) is 29.4 Å². The summed E-state index contributed by atoms with van der Waals surface area (Å²) in [6, 6.07) is 3.31. The maximum absolute atomic E-state index is 13.4. The van der Waals surface area contributed by atoms with Gasteiger partial charge in [0, 0.05) is 18.9 Å². The average molecular weight is 395 g/mol. The van der Waals surface area contributed by atoms with Crippen LogP contribution in [0.1, 0.15) is 23.9 Å². The Balaban J connectivity index is 2.52. The van der Waals surface area contributed by atoms with Crippen molar-refractivity contribution in [2.24, 2.45) is 0 Å². The van der Waals surface area contributed by atoms with Crippen LogP contribution in [0, 0.1) is 13.8 Å². The van der Waals surface area contributed by atoms with Crippen molar-refractivity contribution in [3.05, 3.63) is 41.5 Å². The normalized spacial score (nSPS) is 11.6. The smallest absolute Gasteiger partial charge is 0.321 e. The number of carbonyl (C=O) groups excluding carboxylic acids is 1. The van der Waals surface area contributed by atoms with E-state index in [4.69, 9.17) is 9.47 Å². The number of rotatable bonds is 8. The predicted octanol–water partition coefficient (Wildman–Crippen LogP) is 1.89. The average Bonchev–Trinajstić information content (AvgIpc) is 3.07. The summed E-state index contributed by atoms with van der Waals surface area (Å²) in [4.78, 5) is 16.3. The van der Waals surface area contributed by atoms with Gasteiger partial charge in [0.1, 0.15) is 18.1 Å². The fourth-order valence-corrected chi connectivity index (χ4v) is 4.69. The first-order valence-corrected chi connectivity index (χ1v) is 9.90. The van der Waals surface area contributed by atoms with Gasteiger partial charge in [-0.25, -0.2) is 13.4 Å². The molecule has 148 valence electrons. The molecule has 1 aromatic heterocycles. The number of nitrogens with zero attached hydrogens (tertiary/aromatic N) is 3. The molecule has 27 heavy (non-hydrogen) atoms. The van der Waals surface area contributed by atoms with Crippen LogP contribution in [-0.4, -0.2) is 49.0 Å². The molecule has 8 nitrogen and oxygen atoms in total. The molecule has 0 spiro atoms. The van der Waals surface area contributed by atoms with E-state index in [0.717, 1.165) is 4.31 Å². The van der Waals surface area contributed by atoms with Gasteiger partial charge in [0.2, 0.25) is 10.0 Å². The molecule has 0 radical (unpaired) electrons. The molecule has 0 aliphatic carbocycles. The lowest BCUT2D eigenvalue weighted by molar-refractivity contribution is -0.140. The van der Waals surface area contributed by atoms with Crippen LogP contribution in [0.3, 0.4) is 0 Å². The number of ether oxygens (including phenoxy) is 2. The Morgan fingerprint density at radius 3 is 2.37 bits per heavy atom. The highest BCUT2D eigenvalue weighted by atomic mass is 32.2. The molecule has 1 aromatic carbocycles. The molecular weight excluding hydrogens is 370 g/mol. The lowest BCUT2D eigenvalue weighted by Gasteiger charge is -2.23. The van der Waals surface area contributed by atoms with Crippen molar-refractivity contribution in [2.45, 2.75) is 38.8 Å². The minimum Gasteiger partial charge on any atom is -0.497 e. The van der Waals surface area contributed by atoms with Crippen molar-refractivity contribution in [3.63, 3.8) is 0 Å². The SMILES string of the molecule is CCn1ccnc1CN(CC(=O)OC)S(=O)(=O)c1c(C)cc(OC)cc1C. The first-order chi connectivity index (χ1) is 12.7. The van der Waals surface area contributed by atoms with Crippen LogP contribution in [0.25, 0.3) is 0 Å². The molecule has 0 saturated heterocycles. The maximum atomic E-state index is 13.4. The van der Waals surface area contributed by atoms with Gasteiger partial charge in [0.15, 0.2) is 0 Å². The Hall–Kier alpha value is -2.39. The Labute approximate surface area is 159 Å². The van der Waals surface area contributed by atoms with Gasteiger partial charge in [-0.05, 0) is 44.0 Å². The van der Waals surface area contributed by atoms with E-state index in [-0.39, 0.29) is 11.4 Å². The van der Waals surface area contributed by atoms with Gasteiger partial charge in [-0.15, -0.1) is 0 Å². The highest BCUT2D eigenvalue weighted by Crippen LogP contribution is 2.29. The van der Waals surface area contributed by atoms with E-state index in [1.807, 2.05) is 11.5 Å². The molecule has 0 saturated carbocycles. The second-order valence-electron chi connectivity index (χ2n) is 6.07. The Morgan fingerprint density at radius 1 is 1.22 bits per heavy atom. The van der Waals surface area contributed by atoms with Crippen LogP contribution in [0.4, 0.5) is 0 Å². The molecule has 0 atom stereocenters. The van der Waals surface area contributed by atoms with Crippen LogP contribution < -0.4 is 4.74 Å². The van der Waals surface area contributed by atoms with Crippen molar-refractivity contribution >= 4 is 16.0 Å². The minimum absolute atomic E-state index is 0.0385. The largest absolute Gasteiger partial charge is 0.497 e. The molecule has 0 unspecified atom stereocenters. The number of benzene rings is 1. The van der Waals surface area contributed by atoms with Crippen LogP contribution in [0.5, 0.6) is 5.75 Å². The molecule has 0 amide bonds. The topological polar surface area (TPSA) is 90.7 Å². The zero-order valence-electron chi connectivity index (χ0n) is 16.2. The van der Waals surface area contributed by atoms with Crippen molar-refractivity contribution in [1.82, 2.24) is 13.9 Å². The lowest BCUT2D eigenvalue weighted by Crippen LogP contribution is -2.37. The molecule has 0 aliphatic heterocycles. The zero-order valence-corrected chi connectivity index (χ0v) is 17.0. The highest BCUT2D eigenvalue weighted by molar-refractivity contribution is 7.89. The minimum atomic E-state index is -3.97. The summed E-state index contributed by atoms with van der Waals surface area (Å²) in [5.74, 6) is 0.482. The van der Waals surface area contributed by atoms with E-state index in [2.05, 4.69) is 4.98 Å². The van der Waals surface area contributed by atoms with Gasteiger partial charge < -0.3 is 14.0 Å². The Morgan fingerprint density at radius 2 is 1.85 bits per heavy atom. The second kappa shape index (κ2) is 8.53. The Bertz CT molecular complexity index is 898. The van der Waals surface area contributed by atoms with E-state index in [1.165, 1.54) is 14.2 Å². The van der Waals surface area contributed by atoms with Gasteiger partial charge in [-0.3, -0.25) is 4.79 Å². The van der Waals surface area contributed by atoms with Crippen LogP contribution in [0.2, 0.25) is 0 Å². The second-order valence-corrected chi connectivity index (χ2v) is 7.94. The third kappa shape index (κ3) is 4.48. The monoisotopic (exact) mass is 395 g/mol. The number of methoxy groups -OCH3 is 2. The highest BCUT2D eigenvalue weighted by Gasteiger charge is 2.31. The molecule has 0 bridgehead atoms. The standard InChI is InChI=1S/C18H25N3O5S/c1-6-20-8-7-19-16(20)11-21(12-17(22)26-5)27(23,24)18-13(2)9-15(25-4)10-14(18)3/h7-10H,6,11-12H2,1-5H3. The summed E-state index contributed by atoms with van der Waals surface area (Å²) < 4.78 is 39.6. The summed E-state index contributed by atoms with van der Waals surface area (Å²) in [6.07, 6.45) is 3.37. The van der Waals surface area contributed by atoms with E-state index in [9.17, 15) is 13.2 Å². The number of aryl methyl sites for hydroxylation is 3. The van der Waals surface area contributed by atoms with E-state index in [0.29, 0.717) is 29.2 Å². The van der Waals surface area contributed by atoms with Gasteiger partial charge in [-0.1, -0.05) is 0 Å². The quantitative estimate of drug-likeness (QED) is 0.634. The molecular formula is C18H25N3O5S. The van der Waals surface area contributed by atoms with Crippen molar-refractivity contribution in [3.8, 4) is 5.75 Å². The van der Waals surface area contributed by atoms with Gasteiger partial charge in [0.05, 0.1) is 25.7 Å². The molecule has 0 fully saturated rings. The predicted molar refractivity (Wildman–Crippen MR) is 100.0 cm³/mol. The summed E-state index contributed by atoms with van der Waals surface area (Å²) in [5.41, 5.74) is 1.08. The van der Waals surface area contributed by atoms with Gasteiger partial charge >= 0.3 is 5.97 Å². The zero-order chi connectivity index (χ0) is 20.2. The summed E-state index contributed by atoms with van der Waals surface area (Å²) in [5, 5.41) is 0. The van der Waals surface area contributed by atoms with Crippen LogP contribution in [-0.2, 0) is 32.6 Å². The number of aromatic nitrogens is 2. The summed E-state index contributed by atoms with van der Waals surface area (Å²) >= 11 is 0.